The Balaban J connectivity index is 1.16. The summed E-state index contributed by atoms with van der Waals surface area (Å²) in [5.41, 5.74) is 5.61. The average molecular weight is 702 g/mol. The standard InChI is InChI=1S/C37H34Cl2N4O4S/c38-29-15-16-33(34(39)21-29)35-23-42(30-8-4-9-31(22-30)43-24-37(44)41-48(43,45)46)36(40-35)19-26-11-13-27(14-12-26)28-7-3-10-32(20-28)47-18-17-25-5-1-2-6-25/h3-4,7-16,20-25,41,44H,1-2,5-6,17-19H2. The number of benzene rings is 4. The summed E-state index contributed by atoms with van der Waals surface area (Å²) in [5.74, 6) is 1.95. The number of aliphatic hydroxyl groups excluding tert-OH is 1. The Labute approximate surface area is 290 Å². The van der Waals surface area contributed by atoms with Crippen LogP contribution in [-0.4, -0.2) is 29.7 Å². The molecule has 1 fully saturated rings. The SMILES string of the molecule is O=S1(=O)NC(O)=CN1c1cccc(-n2cc(-c3ccc(Cl)cc3Cl)nc2Cc2ccc(-c3cccc(OCCC4CCCC4)c3)cc2)c1. The van der Waals surface area contributed by atoms with E-state index in [0.717, 1.165) is 63.3 Å². The van der Waals surface area contributed by atoms with Gasteiger partial charge in [0, 0.05) is 28.9 Å². The van der Waals surface area contributed by atoms with Gasteiger partial charge in [-0.1, -0.05) is 91.3 Å². The van der Waals surface area contributed by atoms with Crippen molar-refractivity contribution in [2.45, 2.75) is 38.5 Å². The zero-order valence-electron chi connectivity index (χ0n) is 26.0. The molecule has 0 unspecified atom stereocenters. The zero-order chi connectivity index (χ0) is 33.3. The minimum atomic E-state index is -3.95. The molecule has 48 heavy (non-hydrogen) atoms. The highest BCUT2D eigenvalue weighted by Crippen LogP contribution is 2.33. The lowest BCUT2D eigenvalue weighted by molar-refractivity contribution is 0.279. The number of anilines is 1. The molecule has 1 aliphatic carbocycles. The Morgan fingerprint density at radius 3 is 2.42 bits per heavy atom. The molecule has 0 atom stereocenters. The zero-order valence-corrected chi connectivity index (χ0v) is 28.3. The number of rotatable bonds is 10. The van der Waals surface area contributed by atoms with Crippen LogP contribution in [0.15, 0.2) is 109 Å². The molecule has 1 saturated carbocycles. The summed E-state index contributed by atoms with van der Waals surface area (Å²) in [6.07, 6.45) is 9.93. The highest BCUT2D eigenvalue weighted by Gasteiger charge is 2.29. The third-order valence-electron chi connectivity index (χ3n) is 8.83. The number of nitrogens with zero attached hydrogens (tertiary/aromatic N) is 3. The van der Waals surface area contributed by atoms with E-state index in [-0.39, 0.29) is 0 Å². The van der Waals surface area contributed by atoms with Crippen LogP contribution in [0.25, 0.3) is 28.1 Å². The minimum Gasteiger partial charge on any atom is -0.494 e. The summed E-state index contributed by atoms with van der Waals surface area (Å²) < 4.78 is 36.3. The van der Waals surface area contributed by atoms with Gasteiger partial charge in [0.25, 0.3) is 0 Å². The van der Waals surface area contributed by atoms with Crippen LogP contribution in [0.5, 0.6) is 5.75 Å². The molecule has 5 aromatic rings. The van der Waals surface area contributed by atoms with E-state index in [1.165, 1.54) is 25.7 Å². The molecular weight excluding hydrogens is 667 g/mol. The van der Waals surface area contributed by atoms with Gasteiger partial charge in [0.2, 0.25) is 5.88 Å². The topological polar surface area (TPSA) is 96.7 Å². The van der Waals surface area contributed by atoms with Crippen LogP contribution < -0.4 is 13.8 Å². The number of halogens is 2. The molecule has 0 amide bonds. The van der Waals surface area contributed by atoms with E-state index < -0.39 is 16.1 Å². The van der Waals surface area contributed by atoms with Crippen LogP contribution in [0, 0.1) is 5.92 Å². The Morgan fingerprint density at radius 1 is 0.896 bits per heavy atom. The monoisotopic (exact) mass is 700 g/mol. The van der Waals surface area contributed by atoms with Gasteiger partial charge in [-0.3, -0.25) is 0 Å². The van der Waals surface area contributed by atoms with Crippen molar-refractivity contribution in [3.63, 3.8) is 0 Å². The van der Waals surface area contributed by atoms with Gasteiger partial charge in [-0.15, -0.1) is 0 Å². The maximum absolute atomic E-state index is 12.6. The van der Waals surface area contributed by atoms with E-state index in [0.29, 0.717) is 33.5 Å². The lowest BCUT2D eigenvalue weighted by Gasteiger charge is -2.16. The van der Waals surface area contributed by atoms with Crippen molar-refractivity contribution < 1.29 is 18.3 Å². The van der Waals surface area contributed by atoms with Crippen LogP contribution in [0.3, 0.4) is 0 Å². The second-order valence-electron chi connectivity index (χ2n) is 12.2. The van der Waals surface area contributed by atoms with E-state index in [2.05, 4.69) is 41.1 Å². The summed E-state index contributed by atoms with van der Waals surface area (Å²) in [6.45, 7) is 0.746. The first-order valence-corrected chi connectivity index (χ1v) is 18.1. The van der Waals surface area contributed by atoms with Gasteiger partial charge < -0.3 is 14.4 Å². The number of hydrogen-bond donors (Lipinski definition) is 2. The molecule has 2 heterocycles. The molecule has 1 aromatic heterocycles. The Kier molecular flexibility index (Phi) is 9.09. The molecule has 1 aliphatic heterocycles. The fourth-order valence-electron chi connectivity index (χ4n) is 6.38. The highest BCUT2D eigenvalue weighted by molar-refractivity contribution is 7.91. The molecular formula is C37H34Cl2N4O4S. The second-order valence-corrected chi connectivity index (χ2v) is 14.6. The molecule has 246 valence electrons. The third-order valence-corrected chi connectivity index (χ3v) is 10.7. The van der Waals surface area contributed by atoms with Crippen molar-refractivity contribution in [2.24, 2.45) is 5.92 Å². The maximum atomic E-state index is 12.6. The molecule has 0 saturated heterocycles. The molecule has 4 aromatic carbocycles. The van der Waals surface area contributed by atoms with Crippen molar-refractivity contribution in [1.29, 1.82) is 0 Å². The normalized spacial score (nSPS) is 15.8. The number of aromatic nitrogens is 2. The van der Waals surface area contributed by atoms with Gasteiger partial charge in [0.05, 0.1) is 29.2 Å². The highest BCUT2D eigenvalue weighted by atomic mass is 35.5. The molecule has 0 radical (unpaired) electrons. The minimum absolute atomic E-state index is 0.351. The average Bonchev–Trinajstić information content (AvgIpc) is 3.80. The van der Waals surface area contributed by atoms with Crippen molar-refractivity contribution in [3.8, 4) is 33.8 Å². The first-order chi connectivity index (χ1) is 23.2. The quantitative estimate of drug-likeness (QED) is 0.152. The predicted octanol–water partition coefficient (Wildman–Crippen LogP) is 9.07. The van der Waals surface area contributed by atoms with Crippen LogP contribution in [0.1, 0.15) is 43.5 Å². The fraction of sp³-hybridized carbons (Fsp3) is 0.216. The fourth-order valence-corrected chi connectivity index (χ4v) is 7.93. The van der Waals surface area contributed by atoms with Crippen molar-refractivity contribution in [1.82, 2.24) is 14.3 Å². The number of hydrogen-bond acceptors (Lipinski definition) is 5. The molecule has 0 spiro atoms. The van der Waals surface area contributed by atoms with E-state index in [1.54, 1.807) is 30.3 Å². The van der Waals surface area contributed by atoms with E-state index in [1.807, 2.05) is 35.0 Å². The van der Waals surface area contributed by atoms with Gasteiger partial charge in [-0.05, 0) is 77.6 Å². The van der Waals surface area contributed by atoms with E-state index in [9.17, 15) is 13.5 Å². The van der Waals surface area contributed by atoms with Crippen molar-refractivity contribution >= 4 is 39.1 Å². The summed E-state index contributed by atoms with van der Waals surface area (Å²) in [6, 6.07) is 28.9. The Morgan fingerprint density at radius 2 is 1.67 bits per heavy atom. The number of nitrogens with one attached hydrogen (secondary N) is 1. The first kappa shape index (κ1) is 32.1. The van der Waals surface area contributed by atoms with Crippen LogP contribution >= 0.6 is 23.2 Å². The second kappa shape index (κ2) is 13.6. The Bertz CT molecular complexity index is 2090. The van der Waals surface area contributed by atoms with Crippen molar-refractivity contribution in [2.75, 3.05) is 10.9 Å². The molecule has 11 heteroatoms. The summed E-state index contributed by atoms with van der Waals surface area (Å²) >= 11 is 12.8. The number of imidazole rings is 1. The lowest BCUT2D eigenvalue weighted by atomic mass is 10.0. The summed E-state index contributed by atoms with van der Waals surface area (Å²) in [4.78, 5) is 4.98. The largest absolute Gasteiger partial charge is 0.494 e. The lowest BCUT2D eigenvalue weighted by Crippen LogP contribution is -2.29. The molecule has 8 nitrogen and oxygen atoms in total. The van der Waals surface area contributed by atoms with Gasteiger partial charge in [-0.2, -0.15) is 8.42 Å². The van der Waals surface area contributed by atoms with Gasteiger partial charge in [0.1, 0.15) is 11.6 Å². The maximum Gasteiger partial charge on any atom is 0.330 e. The van der Waals surface area contributed by atoms with Crippen LogP contribution in [0.2, 0.25) is 10.0 Å². The molecule has 7 rings (SSSR count). The molecule has 2 N–H and O–H groups in total. The van der Waals surface area contributed by atoms with Crippen LogP contribution in [-0.2, 0) is 16.6 Å². The van der Waals surface area contributed by atoms with E-state index >= 15 is 0 Å². The smallest absolute Gasteiger partial charge is 0.330 e. The van der Waals surface area contributed by atoms with Crippen molar-refractivity contribution in [3.05, 3.63) is 131 Å². The number of ether oxygens (including phenoxy) is 1. The van der Waals surface area contributed by atoms with Gasteiger partial charge >= 0.3 is 10.2 Å². The van der Waals surface area contributed by atoms with E-state index in [4.69, 9.17) is 32.9 Å². The third kappa shape index (κ3) is 7.04. The molecule has 0 bridgehead atoms. The number of aliphatic hydroxyl groups is 1. The van der Waals surface area contributed by atoms with Crippen LogP contribution in [0.4, 0.5) is 5.69 Å². The van der Waals surface area contributed by atoms with Gasteiger partial charge in [-0.25, -0.2) is 14.0 Å². The van der Waals surface area contributed by atoms with Gasteiger partial charge in [0.15, 0.2) is 0 Å². The molecule has 2 aliphatic rings. The summed E-state index contributed by atoms with van der Waals surface area (Å²) in [5, 5.41) is 10.8. The summed E-state index contributed by atoms with van der Waals surface area (Å²) in [7, 11) is -3.95. The predicted molar refractivity (Wildman–Crippen MR) is 191 cm³/mol. The Hall–Kier alpha value is -4.44. The first-order valence-electron chi connectivity index (χ1n) is 15.9.